The lowest BCUT2D eigenvalue weighted by Gasteiger charge is -2.23. The van der Waals surface area contributed by atoms with Crippen LogP contribution in [0.5, 0.6) is 0 Å². The Morgan fingerprint density at radius 2 is 2.07 bits per heavy atom. The topological polar surface area (TPSA) is 12.0 Å². The molecule has 1 heterocycles. The second kappa shape index (κ2) is 5.46. The van der Waals surface area contributed by atoms with Crippen molar-refractivity contribution in [2.24, 2.45) is 0 Å². The van der Waals surface area contributed by atoms with Gasteiger partial charge in [0.2, 0.25) is 0 Å². The van der Waals surface area contributed by atoms with E-state index in [1.165, 1.54) is 24.3 Å². The van der Waals surface area contributed by atoms with Crippen molar-refractivity contribution in [3.63, 3.8) is 0 Å². The number of nitrogens with one attached hydrogen (secondary N) is 1. The highest BCUT2D eigenvalue weighted by molar-refractivity contribution is 9.10. The maximum Gasteiger partial charge on any atom is 0.0568 e. The number of halogens is 2. The summed E-state index contributed by atoms with van der Waals surface area (Å²) in [7, 11) is 0. The molecule has 1 saturated heterocycles. The molecule has 2 rings (SSSR count). The highest BCUT2D eigenvalue weighted by Gasteiger charge is 2.13. The van der Waals surface area contributed by atoms with E-state index in [4.69, 9.17) is 11.6 Å². The zero-order valence-electron chi connectivity index (χ0n) is 8.30. The molecule has 0 spiro atoms. The predicted molar refractivity (Wildman–Crippen MR) is 73.1 cm³/mol. The first kappa shape index (κ1) is 11.6. The van der Waals surface area contributed by atoms with Crippen LogP contribution in [0.4, 0.5) is 5.69 Å². The fraction of sp³-hybridized carbons (Fsp3) is 0.455. The Balaban J connectivity index is 2.00. The molecule has 15 heavy (non-hydrogen) atoms. The van der Waals surface area contributed by atoms with E-state index in [1.807, 2.05) is 23.9 Å². The minimum atomic E-state index is 0.614. The van der Waals surface area contributed by atoms with Gasteiger partial charge in [-0.25, -0.2) is 0 Å². The van der Waals surface area contributed by atoms with Crippen LogP contribution in [0.3, 0.4) is 0 Å². The van der Waals surface area contributed by atoms with Crippen LogP contribution >= 0.6 is 39.3 Å². The van der Waals surface area contributed by atoms with Crippen LogP contribution in [0.25, 0.3) is 0 Å². The molecule has 1 fully saturated rings. The first-order chi connectivity index (χ1) is 7.25. The molecular weight excluding hydrogens is 294 g/mol. The minimum Gasteiger partial charge on any atom is -0.382 e. The lowest BCUT2D eigenvalue weighted by atomic mass is 10.1. The number of anilines is 1. The summed E-state index contributed by atoms with van der Waals surface area (Å²) >= 11 is 11.5. The summed E-state index contributed by atoms with van der Waals surface area (Å²) in [6, 6.07) is 6.65. The lowest BCUT2D eigenvalue weighted by molar-refractivity contribution is 0.667. The van der Waals surface area contributed by atoms with Crippen LogP contribution in [0, 0.1) is 0 Å². The molecule has 4 heteroatoms. The molecule has 0 unspecified atom stereocenters. The van der Waals surface area contributed by atoms with Gasteiger partial charge in [-0.05, 0) is 58.5 Å². The van der Waals surface area contributed by atoms with Crippen molar-refractivity contribution in [1.29, 1.82) is 0 Å². The van der Waals surface area contributed by atoms with Gasteiger partial charge in [-0.3, -0.25) is 0 Å². The largest absolute Gasteiger partial charge is 0.382 e. The van der Waals surface area contributed by atoms with Gasteiger partial charge in [0.15, 0.2) is 0 Å². The van der Waals surface area contributed by atoms with Crippen molar-refractivity contribution in [2.75, 3.05) is 16.8 Å². The van der Waals surface area contributed by atoms with Gasteiger partial charge in [-0.15, -0.1) is 0 Å². The number of benzene rings is 1. The number of rotatable bonds is 2. The highest BCUT2D eigenvalue weighted by Crippen LogP contribution is 2.27. The average molecular weight is 307 g/mol. The first-order valence-electron chi connectivity index (χ1n) is 5.05. The van der Waals surface area contributed by atoms with E-state index in [0.29, 0.717) is 6.04 Å². The van der Waals surface area contributed by atoms with Crippen molar-refractivity contribution in [3.05, 3.63) is 27.7 Å². The Labute approximate surface area is 108 Å². The molecule has 0 radical (unpaired) electrons. The molecule has 0 bridgehead atoms. The molecule has 1 aromatic carbocycles. The van der Waals surface area contributed by atoms with E-state index in [1.54, 1.807) is 0 Å². The maximum absolute atomic E-state index is 6.04. The van der Waals surface area contributed by atoms with Gasteiger partial charge in [0.25, 0.3) is 0 Å². The third-order valence-electron chi connectivity index (χ3n) is 2.51. The fourth-order valence-electron chi connectivity index (χ4n) is 1.66. The summed E-state index contributed by atoms with van der Waals surface area (Å²) in [4.78, 5) is 0. The quantitative estimate of drug-likeness (QED) is 0.868. The zero-order chi connectivity index (χ0) is 10.7. The Bertz CT molecular complexity index is 339. The molecule has 0 aromatic heterocycles. The van der Waals surface area contributed by atoms with Gasteiger partial charge >= 0.3 is 0 Å². The number of hydrogen-bond donors (Lipinski definition) is 1. The SMILES string of the molecule is Clc1cc(NC2CCSCC2)ccc1Br. The van der Waals surface area contributed by atoms with E-state index >= 15 is 0 Å². The van der Waals surface area contributed by atoms with Crippen molar-refractivity contribution in [2.45, 2.75) is 18.9 Å². The molecule has 1 aromatic rings. The second-order valence-electron chi connectivity index (χ2n) is 3.66. The van der Waals surface area contributed by atoms with E-state index in [0.717, 1.165) is 15.2 Å². The number of hydrogen-bond acceptors (Lipinski definition) is 2. The second-order valence-corrected chi connectivity index (χ2v) is 6.15. The Hall–Kier alpha value is 0.140. The van der Waals surface area contributed by atoms with Crippen molar-refractivity contribution in [1.82, 2.24) is 0 Å². The summed E-state index contributed by atoms with van der Waals surface area (Å²) in [6.45, 7) is 0. The molecule has 0 saturated carbocycles. The van der Waals surface area contributed by atoms with Gasteiger partial charge < -0.3 is 5.32 Å². The summed E-state index contributed by atoms with van der Waals surface area (Å²) < 4.78 is 0.953. The monoisotopic (exact) mass is 305 g/mol. The molecule has 1 N–H and O–H groups in total. The summed E-state index contributed by atoms with van der Waals surface area (Å²) in [5, 5.41) is 4.30. The van der Waals surface area contributed by atoms with Gasteiger partial charge in [-0.1, -0.05) is 11.6 Å². The van der Waals surface area contributed by atoms with Crippen LogP contribution in [0.1, 0.15) is 12.8 Å². The molecule has 82 valence electrons. The van der Waals surface area contributed by atoms with Gasteiger partial charge in [0.1, 0.15) is 0 Å². The molecular formula is C11H13BrClNS. The van der Waals surface area contributed by atoms with Crippen molar-refractivity contribution < 1.29 is 0 Å². The molecule has 1 aliphatic heterocycles. The Kier molecular flexibility index (Phi) is 4.23. The zero-order valence-corrected chi connectivity index (χ0v) is 11.5. The smallest absolute Gasteiger partial charge is 0.0568 e. The van der Waals surface area contributed by atoms with E-state index < -0.39 is 0 Å². The molecule has 1 nitrogen and oxygen atoms in total. The van der Waals surface area contributed by atoms with E-state index in [9.17, 15) is 0 Å². The van der Waals surface area contributed by atoms with E-state index in [2.05, 4.69) is 27.3 Å². The van der Waals surface area contributed by atoms with Gasteiger partial charge in [-0.2, -0.15) is 11.8 Å². The number of thioether (sulfide) groups is 1. The highest BCUT2D eigenvalue weighted by atomic mass is 79.9. The molecule has 0 amide bonds. The van der Waals surface area contributed by atoms with Crippen molar-refractivity contribution >= 4 is 45.0 Å². The van der Waals surface area contributed by atoms with Gasteiger partial charge in [0, 0.05) is 16.2 Å². The fourth-order valence-corrected chi connectivity index (χ4v) is 3.20. The summed E-state index contributed by atoms with van der Waals surface area (Å²) in [5.41, 5.74) is 1.13. The maximum atomic E-state index is 6.04. The third kappa shape index (κ3) is 3.30. The standard InChI is InChI=1S/C11H13BrClNS/c12-10-2-1-9(7-11(10)13)14-8-3-5-15-6-4-8/h1-2,7-8,14H,3-6H2. The first-order valence-corrected chi connectivity index (χ1v) is 7.37. The van der Waals surface area contributed by atoms with Crippen LogP contribution in [0.2, 0.25) is 5.02 Å². The van der Waals surface area contributed by atoms with E-state index in [-0.39, 0.29) is 0 Å². The van der Waals surface area contributed by atoms with Crippen LogP contribution < -0.4 is 5.32 Å². The minimum absolute atomic E-state index is 0.614. The predicted octanol–water partition coefficient (Wildman–Crippen LogP) is 4.41. The molecule has 0 aliphatic carbocycles. The molecule has 1 aliphatic rings. The third-order valence-corrected chi connectivity index (χ3v) is 4.79. The normalized spacial score (nSPS) is 17.7. The molecule has 0 atom stereocenters. The van der Waals surface area contributed by atoms with Crippen LogP contribution in [-0.2, 0) is 0 Å². The van der Waals surface area contributed by atoms with Crippen LogP contribution in [-0.4, -0.2) is 17.5 Å². The average Bonchev–Trinajstić information content (AvgIpc) is 2.25. The van der Waals surface area contributed by atoms with Crippen LogP contribution in [0.15, 0.2) is 22.7 Å². The Morgan fingerprint density at radius 3 is 2.73 bits per heavy atom. The summed E-state index contributed by atoms with van der Waals surface area (Å²) in [6.07, 6.45) is 2.50. The lowest BCUT2D eigenvalue weighted by Crippen LogP contribution is -2.24. The van der Waals surface area contributed by atoms with Crippen molar-refractivity contribution in [3.8, 4) is 0 Å². The van der Waals surface area contributed by atoms with Gasteiger partial charge in [0.05, 0.1) is 5.02 Å². The Morgan fingerprint density at radius 1 is 1.33 bits per heavy atom. The summed E-state index contributed by atoms with van der Waals surface area (Å²) in [5.74, 6) is 2.53.